The number of benzene rings is 1. The number of thioether (sulfide) groups is 1. The van der Waals surface area contributed by atoms with Gasteiger partial charge in [0.15, 0.2) is 0 Å². The van der Waals surface area contributed by atoms with Crippen molar-refractivity contribution in [2.24, 2.45) is 0 Å². The van der Waals surface area contributed by atoms with Crippen LogP contribution in [0.15, 0.2) is 53.7 Å². The summed E-state index contributed by atoms with van der Waals surface area (Å²) in [6.45, 7) is 1.18. The Labute approximate surface area is 156 Å². The molecule has 2 amide bonds. The van der Waals surface area contributed by atoms with E-state index in [1.165, 1.54) is 4.90 Å². The molecular weight excluding hydrogens is 346 g/mol. The Kier molecular flexibility index (Phi) is 4.62. The zero-order chi connectivity index (χ0) is 17.9. The minimum atomic E-state index is -0.0925. The van der Waals surface area contributed by atoms with Gasteiger partial charge in [-0.2, -0.15) is 0 Å². The lowest BCUT2D eigenvalue weighted by atomic mass is 10.1. The molecule has 6 nitrogen and oxygen atoms in total. The number of aromatic nitrogens is 3. The summed E-state index contributed by atoms with van der Waals surface area (Å²) in [7, 11) is 0. The van der Waals surface area contributed by atoms with E-state index in [0.717, 1.165) is 34.9 Å². The number of H-pyrrole nitrogens is 1. The molecular formula is C19H19N5OS. The maximum atomic E-state index is 12.6. The van der Waals surface area contributed by atoms with E-state index in [0.29, 0.717) is 13.1 Å². The number of aromatic amines is 1. The quantitative estimate of drug-likeness (QED) is 0.693. The van der Waals surface area contributed by atoms with Crippen molar-refractivity contribution >= 4 is 23.5 Å². The van der Waals surface area contributed by atoms with E-state index in [4.69, 9.17) is 0 Å². The van der Waals surface area contributed by atoms with Gasteiger partial charge in [0.25, 0.3) is 0 Å². The van der Waals surface area contributed by atoms with Gasteiger partial charge < -0.3 is 15.2 Å². The number of pyridine rings is 1. The molecule has 0 atom stereocenters. The van der Waals surface area contributed by atoms with Crippen LogP contribution in [0.1, 0.15) is 11.4 Å². The van der Waals surface area contributed by atoms with Crippen molar-refractivity contribution < 1.29 is 4.79 Å². The summed E-state index contributed by atoms with van der Waals surface area (Å²) >= 11 is 1.68. The second kappa shape index (κ2) is 7.21. The molecule has 1 aliphatic heterocycles. The molecule has 0 radical (unpaired) electrons. The van der Waals surface area contributed by atoms with Crippen molar-refractivity contribution in [3.8, 4) is 11.4 Å². The van der Waals surface area contributed by atoms with Crippen molar-refractivity contribution in [2.75, 3.05) is 18.1 Å². The summed E-state index contributed by atoms with van der Waals surface area (Å²) in [6, 6.07) is 11.6. The average molecular weight is 365 g/mol. The molecule has 1 aliphatic rings. The van der Waals surface area contributed by atoms with Gasteiger partial charge in [0.2, 0.25) is 0 Å². The number of urea groups is 1. The monoisotopic (exact) mass is 365 g/mol. The molecule has 26 heavy (non-hydrogen) atoms. The number of rotatable bonds is 3. The molecule has 0 spiro atoms. The molecule has 1 aromatic carbocycles. The highest BCUT2D eigenvalue weighted by atomic mass is 32.2. The third-order valence-corrected chi connectivity index (χ3v) is 5.14. The smallest absolute Gasteiger partial charge is 0.322 e. The van der Waals surface area contributed by atoms with Crippen molar-refractivity contribution in [1.82, 2.24) is 19.9 Å². The predicted octanol–water partition coefficient (Wildman–Crippen LogP) is 3.78. The Morgan fingerprint density at radius 2 is 2.12 bits per heavy atom. The SMILES string of the molecule is CSc1ccc(NC(=O)N2CCc3nc(-c4cccnc4)[nH]c3C2)cc1. The molecule has 0 saturated heterocycles. The molecule has 7 heteroatoms. The Bertz CT molecular complexity index is 907. The lowest BCUT2D eigenvalue weighted by Crippen LogP contribution is -2.38. The summed E-state index contributed by atoms with van der Waals surface area (Å²) in [4.78, 5) is 27.7. The third-order valence-electron chi connectivity index (χ3n) is 4.40. The number of carbonyl (C=O) groups is 1. The number of fused-ring (bicyclic) bond motifs is 1. The highest BCUT2D eigenvalue weighted by Gasteiger charge is 2.24. The van der Waals surface area contributed by atoms with Crippen LogP contribution in [0.5, 0.6) is 0 Å². The Balaban J connectivity index is 1.45. The van der Waals surface area contributed by atoms with Gasteiger partial charge in [-0.25, -0.2) is 9.78 Å². The second-order valence-corrected chi connectivity index (χ2v) is 6.96. The van der Waals surface area contributed by atoms with Crippen LogP contribution >= 0.6 is 11.8 Å². The zero-order valence-electron chi connectivity index (χ0n) is 14.4. The first-order valence-corrected chi connectivity index (χ1v) is 9.63. The largest absolute Gasteiger partial charge is 0.340 e. The first kappa shape index (κ1) is 16.7. The van der Waals surface area contributed by atoms with Gasteiger partial charge in [-0.1, -0.05) is 0 Å². The molecule has 3 heterocycles. The number of nitrogens with zero attached hydrogens (tertiary/aromatic N) is 3. The molecule has 4 rings (SSSR count). The molecule has 3 aromatic rings. The number of carbonyl (C=O) groups excluding carboxylic acids is 1. The van der Waals surface area contributed by atoms with Gasteiger partial charge in [-0.3, -0.25) is 4.98 Å². The Hall–Kier alpha value is -2.80. The van der Waals surface area contributed by atoms with Crippen molar-refractivity contribution in [2.45, 2.75) is 17.9 Å². The van der Waals surface area contributed by atoms with Gasteiger partial charge in [0.1, 0.15) is 5.82 Å². The van der Waals surface area contributed by atoms with Crippen LogP contribution in [0.4, 0.5) is 10.5 Å². The molecule has 2 N–H and O–H groups in total. The Morgan fingerprint density at radius 1 is 1.27 bits per heavy atom. The normalized spacial score (nSPS) is 13.3. The van der Waals surface area contributed by atoms with E-state index < -0.39 is 0 Å². The van der Waals surface area contributed by atoms with E-state index >= 15 is 0 Å². The maximum absolute atomic E-state index is 12.6. The first-order valence-electron chi connectivity index (χ1n) is 8.41. The van der Waals surface area contributed by atoms with E-state index in [2.05, 4.69) is 20.3 Å². The van der Waals surface area contributed by atoms with Gasteiger partial charge >= 0.3 is 6.03 Å². The number of hydrogen-bond acceptors (Lipinski definition) is 4. The van der Waals surface area contributed by atoms with Crippen molar-refractivity contribution in [3.05, 3.63) is 60.2 Å². The number of amides is 2. The number of anilines is 1. The van der Waals surface area contributed by atoms with E-state index in [9.17, 15) is 4.79 Å². The van der Waals surface area contributed by atoms with Crippen LogP contribution in [0.3, 0.4) is 0 Å². The first-order chi connectivity index (χ1) is 12.7. The topological polar surface area (TPSA) is 73.9 Å². The fourth-order valence-electron chi connectivity index (χ4n) is 2.98. The number of hydrogen-bond donors (Lipinski definition) is 2. The molecule has 0 aliphatic carbocycles. The van der Waals surface area contributed by atoms with Crippen molar-refractivity contribution in [1.29, 1.82) is 0 Å². The van der Waals surface area contributed by atoms with Gasteiger partial charge in [0, 0.05) is 41.5 Å². The van der Waals surface area contributed by atoms with Crippen molar-refractivity contribution in [3.63, 3.8) is 0 Å². The second-order valence-electron chi connectivity index (χ2n) is 6.08. The molecule has 0 bridgehead atoms. The fourth-order valence-corrected chi connectivity index (χ4v) is 3.39. The molecule has 0 saturated carbocycles. The predicted molar refractivity (Wildman–Crippen MR) is 103 cm³/mol. The summed E-state index contributed by atoms with van der Waals surface area (Å²) in [5, 5.41) is 2.97. The summed E-state index contributed by atoms with van der Waals surface area (Å²) in [5.74, 6) is 0.804. The summed E-state index contributed by atoms with van der Waals surface area (Å²) in [5.41, 5.74) is 3.77. The minimum Gasteiger partial charge on any atom is -0.340 e. The van der Waals surface area contributed by atoms with Gasteiger partial charge in [-0.15, -0.1) is 11.8 Å². The van der Waals surface area contributed by atoms with E-state index in [-0.39, 0.29) is 6.03 Å². The van der Waals surface area contributed by atoms with E-state index in [1.807, 2.05) is 42.7 Å². The molecule has 132 valence electrons. The van der Waals surface area contributed by atoms with Gasteiger partial charge in [0.05, 0.1) is 17.9 Å². The van der Waals surface area contributed by atoms with E-state index in [1.54, 1.807) is 29.1 Å². The lowest BCUT2D eigenvalue weighted by molar-refractivity contribution is 0.205. The fraction of sp³-hybridized carbons (Fsp3) is 0.211. The van der Waals surface area contributed by atoms with Crippen LogP contribution < -0.4 is 5.32 Å². The summed E-state index contributed by atoms with van der Waals surface area (Å²) < 4.78 is 0. The lowest BCUT2D eigenvalue weighted by Gasteiger charge is -2.26. The van der Waals surface area contributed by atoms with Gasteiger partial charge in [-0.05, 0) is 42.7 Å². The number of nitrogens with one attached hydrogen (secondary N) is 2. The maximum Gasteiger partial charge on any atom is 0.322 e. The minimum absolute atomic E-state index is 0.0925. The van der Waals surface area contributed by atoms with Crippen LogP contribution in [-0.4, -0.2) is 38.7 Å². The average Bonchev–Trinajstić information content (AvgIpc) is 3.12. The third kappa shape index (κ3) is 3.43. The number of imidazole rings is 1. The molecule has 2 aromatic heterocycles. The van der Waals surface area contributed by atoms with Crippen LogP contribution in [-0.2, 0) is 13.0 Å². The Morgan fingerprint density at radius 3 is 2.85 bits per heavy atom. The highest BCUT2D eigenvalue weighted by molar-refractivity contribution is 7.98. The standard InChI is InChI=1S/C19H19N5OS/c1-26-15-6-4-14(5-7-15)21-19(25)24-10-8-16-17(12-24)23-18(22-16)13-3-2-9-20-11-13/h2-7,9,11H,8,10,12H2,1H3,(H,21,25)(H,22,23). The van der Waals surface area contributed by atoms with Crippen LogP contribution in [0, 0.1) is 0 Å². The van der Waals surface area contributed by atoms with Crippen LogP contribution in [0.2, 0.25) is 0 Å². The molecule has 0 unspecified atom stereocenters. The van der Waals surface area contributed by atoms with Crippen LogP contribution in [0.25, 0.3) is 11.4 Å². The molecule has 0 fully saturated rings. The zero-order valence-corrected chi connectivity index (χ0v) is 15.2. The summed E-state index contributed by atoms with van der Waals surface area (Å²) in [6.07, 6.45) is 6.30. The highest BCUT2D eigenvalue weighted by Crippen LogP contribution is 2.23.